The lowest BCUT2D eigenvalue weighted by atomic mass is 9.86. The van der Waals surface area contributed by atoms with Crippen LogP contribution in [0.5, 0.6) is 11.5 Å². The minimum Gasteiger partial charge on any atom is -0.497 e. The van der Waals surface area contributed by atoms with Crippen LogP contribution in [0, 0.1) is 0 Å². The summed E-state index contributed by atoms with van der Waals surface area (Å²) in [5.74, 6) is 2.51. The van der Waals surface area contributed by atoms with Gasteiger partial charge in [0.25, 0.3) is 0 Å². The average Bonchev–Trinajstić information content (AvgIpc) is 2.99. The Morgan fingerprint density at radius 1 is 1.35 bits per heavy atom. The van der Waals surface area contributed by atoms with E-state index in [1.54, 1.807) is 7.11 Å². The molecule has 2 heterocycles. The number of nitrogens with one attached hydrogen (secondary N) is 1. The summed E-state index contributed by atoms with van der Waals surface area (Å²) in [6.07, 6.45) is 7.03. The number of thiazole rings is 1. The highest BCUT2D eigenvalue weighted by Gasteiger charge is 2.24. The number of methoxy groups -OCH3 is 1. The Labute approximate surface area is 140 Å². The lowest BCUT2D eigenvalue weighted by Gasteiger charge is -2.27. The monoisotopic (exact) mass is 330 g/mol. The van der Waals surface area contributed by atoms with Gasteiger partial charge in [0.1, 0.15) is 11.5 Å². The van der Waals surface area contributed by atoms with E-state index in [1.807, 2.05) is 29.7 Å². The summed E-state index contributed by atoms with van der Waals surface area (Å²) in [6, 6.07) is 6.42. The normalized spacial score (nSPS) is 20.5. The predicted molar refractivity (Wildman–Crippen MR) is 91.4 cm³/mol. The Morgan fingerprint density at radius 3 is 3.04 bits per heavy atom. The fourth-order valence-electron chi connectivity index (χ4n) is 3.18. The van der Waals surface area contributed by atoms with E-state index in [0.29, 0.717) is 6.04 Å². The predicted octanol–water partition coefficient (Wildman–Crippen LogP) is 4.03. The van der Waals surface area contributed by atoms with Crippen molar-refractivity contribution in [1.29, 1.82) is 0 Å². The minimum atomic E-state index is 0.332. The van der Waals surface area contributed by atoms with Crippen molar-refractivity contribution in [2.45, 2.75) is 44.2 Å². The average molecular weight is 330 g/mol. The quantitative estimate of drug-likeness (QED) is 0.899. The molecule has 0 spiro atoms. The van der Waals surface area contributed by atoms with Gasteiger partial charge in [0.05, 0.1) is 18.7 Å². The molecule has 1 aliphatic heterocycles. The second-order valence-corrected chi connectivity index (χ2v) is 7.41. The van der Waals surface area contributed by atoms with Crippen molar-refractivity contribution in [2.24, 2.45) is 0 Å². The molecule has 1 aromatic heterocycles. The van der Waals surface area contributed by atoms with Gasteiger partial charge in [-0.3, -0.25) is 0 Å². The summed E-state index contributed by atoms with van der Waals surface area (Å²) in [5, 5.41) is 4.99. The maximum absolute atomic E-state index is 5.78. The van der Waals surface area contributed by atoms with Crippen LogP contribution in [0.15, 0.2) is 24.4 Å². The summed E-state index contributed by atoms with van der Waals surface area (Å²) in [5.41, 5.74) is 1.22. The molecule has 4 rings (SSSR count). The molecule has 5 heteroatoms. The molecule has 0 radical (unpaired) electrons. The molecule has 2 aromatic rings. The first-order valence-electron chi connectivity index (χ1n) is 8.32. The molecule has 1 aromatic carbocycles. The van der Waals surface area contributed by atoms with Gasteiger partial charge in [0, 0.05) is 47.6 Å². The first-order valence-corrected chi connectivity index (χ1v) is 9.14. The molecule has 0 bridgehead atoms. The van der Waals surface area contributed by atoms with Gasteiger partial charge in [-0.2, -0.15) is 0 Å². The molecular weight excluding hydrogens is 308 g/mol. The molecule has 122 valence electrons. The van der Waals surface area contributed by atoms with E-state index in [9.17, 15) is 0 Å². The van der Waals surface area contributed by atoms with Gasteiger partial charge in [-0.05, 0) is 18.9 Å². The number of ether oxygens (including phenoxy) is 2. The summed E-state index contributed by atoms with van der Waals surface area (Å²) < 4.78 is 11.1. The molecule has 1 atom stereocenters. The zero-order chi connectivity index (χ0) is 15.6. The fraction of sp³-hybridized carbons (Fsp3) is 0.500. The van der Waals surface area contributed by atoms with Crippen molar-refractivity contribution in [1.82, 2.24) is 10.3 Å². The van der Waals surface area contributed by atoms with Crippen LogP contribution in [0.1, 0.15) is 53.1 Å². The summed E-state index contributed by atoms with van der Waals surface area (Å²) in [4.78, 5) is 5.93. The van der Waals surface area contributed by atoms with Crippen molar-refractivity contribution in [3.05, 3.63) is 39.8 Å². The van der Waals surface area contributed by atoms with Gasteiger partial charge >= 0.3 is 0 Å². The molecule has 1 fully saturated rings. The number of benzene rings is 1. The molecule has 0 amide bonds. The molecule has 1 saturated carbocycles. The minimum absolute atomic E-state index is 0.332. The van der Waals surface area contributed by atoms with Crippen LogP contribution in [0.2, 0.25) is 0 Å². The van der Waals surface area contributed by atoms with E-state index < -0.39 is 0 Å². The molecule has 1 N–H and O–H groups in total. The van der Waals surface area contributed by atoms with Crippen LogP contribution in [0.4, 0.5) is 0 Å². The lowest BCUT2D eigenvalue weighted by molar-refractivity contribution is 0.251. The summed E-state index contributed by atoms with van der Waals surface area (Å²) in [6.45, 7) is 1.62. The van der Waals surface area contributed by atoms with Crippen molar-refractivity contribution in [3.8, 4) is 11.5 Å². The summed E-state index contributed by atoms with van der Waals surface area (Å²) >= 11 is 1.87. The van der Waals surface area contributed by atoms with E-state index in [1.165, 1.54) is 34.7 Å². The molecule has 4 nitrogen and oxygen atoms in total. The van der Waals surface area contributed by atoms with Crippen molar-refractivity contribution in [2.75, 3.05) is 13.7 Å². The standard InChI is InChI=1S/C18H22N2O2S/c1-21-13-5-6-15-16(7-8-22-17(15)9-13)19-10-14-11-20-18(23-14)12-3-2-4-12/h5-6,9,11-12,16,19H,2-4,7-8,10H2,1H3/t16-/m0/s1. The van der Waals surface area contributed by atoms with E-state index in [2.05, 4.69) is 16.4 Å². The third kappa shape index (κ3) is 3.08. The number of fused-ring (bicyclic) bond motifs is 1. The van der Waals surface area contributed by atoms with Crippen LogP contribution in [-0.2, 0) is 6.54 Å². The first kappa shape index (κ1) is 15.0. The Balaban J connectivity index is 1.42. The van der Waals surface area contributed by atoms with Gasteiger partial charge in [-0.25, -0.2) is 4.98 Å². The number of hydrogen-bond acceptors (Lipinski definition) is 5. The van der Waals surface area contributed by atoms with E-state index >= 15 is 0 Å². The van der Waals surface area contributed by atoms with Gasteiger partial charge in [-0.1, -0.05) is 12.5 Å². The van der Waals surface area contributed by atoms with E-state index in [4.69, 9.17) is 9.47 Å². The van der Waals surface area contributed by atoms with E-state index in [-0.39, 0.29) is 0 Å². The molecule has 1 aliphatic carbocycles. The van der Waals surface area contributed by atoms with Crippen molar-refractivity contribution < 1.29 is 9.47 Å². The number of rotatable bonds is 5. The SMILES string of the molecule is COc1ccc2c(c1)OCC[C@@H]2NCc1cnc(C2CCC2)s1. The Bertz CT molecular complexity index is 681. The third-order valence-corrected chi connectivity index (χ3v) is 5.97. The van der Waals surface area contributed by atoms with Crippen LogP contribution in [-0.4, -0.2) is 18.7 Å². The van der Waals surface area contributed by atoms with Gasteiger partial charge in [-0.15, -0.1) is 11.3 Å². The van der Waals surface area contributed by atoms with Crippen molar-refractivity contribution in [3.63, 3.8) is 0 Å². The number of nitrogens with zero attached hydrogens (tertiary/aromatic N) is 1. The Hall–Kier alpha value is -1.59. The molecule has 0 unspecified atom stereocenters. The topological polar surface area (TPSA) is 43.4 Å². The van der Waals surface area contributed by atoms with Crippen LogP contribution in [0.25, 0.3) is 0 Å². The van der Waals surface area contributed by atoms with Crippen LogP contribution in [0.3, 0.4) is 0 Å². The highest BCUT2D eigenvalue weighted by molar-refractivity contribution is 7.11. The zero-order valence-corrected chi connectivity index (χ0v) is 14.2. The van der Waals surface area contributed by atoms with Crippen LogP contribution >= 0.6 is 11.3 Å². The fourth-order valence-corrected chi connectivity index (χ4v) is 4.22. The highest BCUT2D eigenvalue weighted by Crippen LogP contribution is 2.38. The Morgan fingerprint density at radius 2 is 2.26 bits per heavy atom. The maximum atomic E-state index is 5.78. The first-order chi connectivity index (χ1) is 11.3. The third-order valence-electron chi connectivity index (χ3n) is 4.81. The van der Waals surface area contributed by atoms with Gasteiger partial charge in [0.2, 0.25) is 0 Å². The Kier molecular flexibility index (Phi) is 4.23. The van der Waals surface area contributed by atoms with Crippen LogP contribution < -0.4 is 14.8 Å². The highest BCUT2D eigenvalue weighted by atomic mass is 32.1. The largest absolute Gasteiger partial charge is 0.497 e. The summed E-state index contributed by atoms with van der Waals surface area (Å²) in [7, 11) is 1.68. The van der Waals surface area contributed by atoms with Crippen molar-refractivity contribution >= 4 is 11.3 Å². The smallest absolute Gasteiger partial charge is 0.127 e. The molecule has 2 aliphatic rings. The van der Waals surface area contributed by atoms with E-state index in [0.717, 1.165) is 37.0 Å². The van der Waals surface area contributed by atoms with Gasteiger partial charge < -0.3 is 14.8 Å². The number of aromatic nitrogens is 1. The van der Waals surface area contributed by atoms with Gasteiger partial charge in [0.15, 0.2) is 0 Å². The number of hydrogen-bond donors (Lipinski definition) is 1. The molecule has 0 saturated heterocycles. The zero-order valence-electron chi connectivity index (χ0n) is 13.4. The second-order valence-electron chi connectivity index (χ2n) is 6.27. The second kappa shape index (κ2) is 6.49. The molecule has 23 heavy (non-hydrogen) atoms. The maximum Gasteiger partial charge on any atom is 0.127 e. The lowest BCUT2D eigenvalue weighted by Crippen LogP contribution is -2.26. The molecular formula is C18H22N2O2S.